The quantitative estimate of drug-likeness (QED) is 0.716. The molecule has 7 nitrogen and oxygen atoms in total. The number of esters is 1. The van der Waals surface area contributed by atoms with Gasteiger partial charge in [-0.05, 0) is 63.2 Å². The monoisotopic (exact) mass is 408 g/mol. The van der Waals surface area contributed by atoms with Gasteiger partial charge in [-0.2, -0.15) is 0 Å². The Kier molecular flexibility index (Phi) is 6.52. The summed E-state index contributed by atoms with van der Waals surface area (Å²) >= 11 is 0. The fraction of sp³-hybridized carbons (Fsp3) is 0.263. The van der Waals surface area contributed by atoms with Gasteiger partial charge in [-0.25, -0.2) is 22.3 Å². The lowest BCUT2D eigenvalue weighted by Gasteiger charge is -2.20. The molecule has 2 aromatic rings. The Morgan fingerprint density at radius 1 is 1.07 bits per heavy atom. The van der Waals surface area contributed by atoms with E-state index in [-0.39, 0.29) is 10.5 Å². The van der Waals surface area contributed by atoms with Crippen molar-refractivity contribution >= 4 is 27.6 Å². The number of sulfonamides is 1. The van der Waals surface area contributed by atoms with Gasteiger partial charge in [0.2, 0.25) is 10.0 Å². The number of nitrogens with one attached hydrogen (secondary N) is 2. The summed E-state index contributed by atoms with van der Waals surface area (Å²) in [4.78, 5) is 23.9. The maximum Gasteiger partial charge on any atom is 0.338 e. The molecule has 1 amide bonds. The maximum atomic E-state index is 12.8. The molecule has 0 aliphatic carbocycles. The first-order valence-electron chi connectivity index (χ1n) is 8.33. The number of rotatable bonds is 6. The van der Waals surface area contributed by atoms with E-state index in [0.29, 0.717) is 5.69 Å². The van der Waals surface area contributed by atoms with Gasteiger partial charge < -0.3 is 10.1 Å². The van der Waals surface area contributed by atoms with Gasteiger partial charge in [-0.3, -0.25) is 4.79 Å². The summed E-state index contributed by atoms with van der Waals surface area (Å²) in [5, 5.41) is 2.45. The number of amides is 1. The van der Waals surface area contributed by atoms with Gasteiger partial charge in [0.25, 0.3) is 5.91 Å². The van der Waals surface area contributed by atoms with E-state index in [4.69, 9.17) is 4.74 Å². The Hall–Kier alpha value is -2.78. The van der Waals surface area contributed by atoms with E-state index in [9.17, 15) is 22.4 Å². The zero-order valence-electron chi connectivity index (χ0n) is 15.7. The second kappa shape index (κ2) is 8.49. The number of carbonyl (C=O) groups is 2. The van der Waals surface area contributed by atoms with Crippen LogP contribution < -0.4 is 10.0 Å². The first kappa shape index (κ1) is 21.5. The second-order valence-electron chi connectivity index (χ2n) is 7.01. The molecule has 0 radical (unpaired) electrons. The molecule has 0 bridgehead atoms. The van der Waals surface area contributed by atoms with E-state index in [2.05, 4.69) is 10.0 Å². The average molecular weight is 408 g/mol. The van der Waals surface area contributed by atoms with Crippen molar-refractivity contribution in [2.75, 3.05) is 11.9 Å². The molecule has 0 atom stereocenters. The van der Waals surface area contributed by atoms with Gasteiger partial charge in [0.15, 0.2) is 6.61 Å². The van der Waals surface area contributed by atoms with Crippen LogP contribution in [0.4, 0.5) is 10.1 Å². The highest BCUT2D eigenvalue weighted by molar-refractivity contribution is 7.89. The van der Waals surface area contributed by atoms with E-state index in [1.165, 1.54) is 48.5 Å². The topological polar surface area (TPSA) is 102 Å². The van der Waals surface area contributed by atoms with Gasteiger partial charge >= 0.3 is 5.97 Å². The number of hydrogen-bond donors (Lipinski definition) is 2. The van der Waals surface area contributed by atoms with Crippen LogP contribution >= 0.6 is 0 Å². The average Bonchev–Trinajstić information content (AvgIpc) is 2.60. The van der Waals surface area contributed by atoms with E-state index in [0.717, 1.165) is 0 Å². The molecular weight excluding hydrogens is 387 g/mol. The minimum Gasteiger partial charge on any atom is -0.452 e. The molecule has 28 heavy (non-hydrogen) atoms. The van der Waals surface area contributed by atoms with Crippen LogP contribution in [-0.2, 0) is 19.6 Å². The molecule has 2 N–H and O–H groups in total. The van der Waals surface area contributed by atoms with Crippen LogP contribution in [0.2, 0.25) is 0 Å². The zero-order chi connectivity index (χ0) is 20.9. The Bertz CT molecular complexity index is 967. The van der Waals surface area contributed by atoms with Crippen LogP contribution in [0, 0.1) is 5.82 Å². The normalized spacial score (nSPS) is 11.7. The van der Waals surface area contributed by atoms with Gasteiger partial charge in [0.05, 0.1) is 10.5 Å². The predicted octanol–water partition coefficient (Wildman–Crippen LogP) is 2.70. The fourth-order valence-corrected chi connectivity index (χ4v) is 3.66. The van der Waals surface area contributed by atoms with E-state index in [1.54, 1.807) is 20.8 Å². The molecule has 2 aromatic carbocycles. The summed E-state index contributed by atoms with van der Waals surface area (Å²) in [6.45, 7) is 4.51. The first-order chi connectivity index (χ1) is 13.0. The first-order valence-corrected chi connectivity index (χ1v) is 9.81. The van der Waals surface area contributed by atoms with Crippen LogP contribution in [0.5, 0.6) is 0 Å². The lowest BCUT2D eigenvalue weighted by molar-refractivity contribution is -0.119. The summed E-state index contributed by atoms with van der Waals surface area (Å²) in [6, 6.07) is 10.4. The number of ether oxygens (including phenoxy) is 1. The second-order valence-corrected chi connectivity index (χ2v) is 8.70. The highest BCUT2D eigenvalue weighted by atomic mass is 32.2. The third-order valence-electron chi connectivity index (χ3n) is 3.28. The van der Waals surface area contributed by atoms with Crippen LogP contribution in [0.15, 0.2) is 53.4 Å². The molecule has 0 saturated heterocycles. The van der Waals surface area contributed by atoms with Crippen molar-refractivity contribution in [2.45, 2.75) is 31.2 Å². The van der Waals surface area contributed by atoms with E-state index < -0.39 is 39.9 Å². The molecule has 0 aliphatic rings. The lowest BCUT2D eigenvalue weighted by atomic mass is 10.1. The molecule has 0 aliphatic heterocycles. The van der Waals surface area contributed by atoms with Gasteiger partial charge in [-0.1, -0.05) is 6.07 Å². The van der Waals surface area contributed by atoms with E-state index in [1.807, 2.05) is 0 Å². The molecule has 150 valence electrons. The molecule has 0 fully saturated rings. The Labute approximate surface area is 163 Å². The zero-order valence-corrected chi connectivity index (χ0v) is 16.5. The van der Waals surface area contributed by atoms with E-state index >= 15 is 0 Å². The minimum atomic E-state index is -3.82. The number of benzene rings is 2. The molecule has 0 aromatic heterocycles. The number of carbonyl (C=O) groups excluding carboxylic acids is 2. The summed E-state index contributed by atoms with van der Waals surface area (Å²) in [5.74, 6) is -1.90. The Balaban J connectivity index is 2.01. The van der Waals surface area contributed by atoms with Crippen LogP contribution in [-0.4, -0.2) is 32.4 Å². The molecule has 0 heterocycles. The summed E-state index contributed by atoms with van der Waals surface area (Å²) < 4.78 is 45.0. The molecule has 0 spiro atoms. The number of anilines is 1. The molecule has 0 unspecified atom stereocenters. The van der Waals surface area contributed by atoms with Gasteiger partial charge in [0, 0.05) is 11.2 Å². The smallest absolute Gasteiger partial charge is 0.338 e. The lowest BCUT2D eigenvalue weighted by Crippen LogP contribution is -2.40. The Morgan fingerprint density at radius 3 is 2.32 bits per heavy atom. The molecule has 9 heteroatoms. The van der Waals surface area contributed by atoms with Crippen molar-refractivity contribution in [3.8, 4) is 0 Å². The van der Waals surface area contributed by atoms with Crippen molar-refractivity contribution < 1.29 is 27.1 Å². The summed E-state index contributed by atoms with van der Waals surface area (Å²) in [7, 11) is -3.82. The van der Waals surface area contributed by atoms with Crippen molar-refractivity contribution in [3.05, 3.63) is 59.9 Å². The highest BCUT2D eigenvalue weighted by Crippen LogP contribution is 2.15. The number of halogens is 1. The van der Waals surface area contributed by atoms with Crippen molar-refractivity contribution in [1.82, 2.24) is 4.72 Å². The van der Waals surface area contributed by atoms with Crippen LogP contribution in [0.25, 0.3) is 0 Å². The standard InChI is InChI=1S/C19H21FN2O5S/c1-19(2,3)22-28(25,26)16-6-4-5-13(11-16)18(24)27-12-17(23)21-15-9-7-14(20)8-10-15/h4-11,22H,12H2,1-3H3,(H,21,23). The predicted molar refractivity (Wildman–Crippen MR) is 102 cm³/mol. The van der Waals surface area contributed by atoms with Crippen molar-refractivity contribution in [2.24, 2.45) is 0 Å². The Morgan fingerprint density at radius 2 is 1.71 bits per heavy atom. The van der Waals surface area contributed by atoms with Crippen molar-refractivity contribution in [3.63, 3.8) is 0 Å². The minimum absolute atomic E-state index is 0.00799. The van der Waals surface area contributed by atoms with Crippen LogP contribution in [0.3, 0.4) is 0 Å². The summed E-state index contributed by atoms with van der Waals surface area (Å²) in [5.41, 5.74) is -0.344. The highest BCUT2D eigenvalue weighted by Gasteiger charge is 2.23. The van der Waals surface area contributed by atoms with Crippen molar-refractivity contribution in [1.29, 1.82) is 0 Å². The summed E-state index contributed by atoms with van der Waals surface area (Å²) in [6.07, 6.45) is 0. The maximum absolute atomic E-state index is 12.8. The number of hydrogen-bond acceptors (Lipinski definition) is 5. The molecule has 2 rings (SSSR count). The van der Waals surface area contributed by atoms with Gasteiger partial charge in [-0.15, -0.1) is 0 Å². The third-order valence-corrected chi connectivity index (χ3v) is 5.04. The largest absolute Gasteiger partial charge is 0.452 e. The SMILES string of the molecule is CC(C)(C)NS(=O)(=O)c1cccc(C(=O)OCC(=O)Nc2ccc(F)cc2)c1. The fourth-order valence-electron chi connectivity index (χ4n) is 2.20. The molecule has 0 saturated carbocycles. The molecular formula is C19H21FN2O5S. The van der Waals surface area contributed by atoms with Crippen LogP contribution in [0.1, 0.15) is 31.1 Å². The van der Waals surface area contributed by atoms with Gasteiger partial charge in [0.1, 0.15) is 5.82 Å². The third kappa shape index (κ3) is 6.43.